The van der Waals surface area contributed by atoms with Gasteiger partial charge in [-0.3, -0.25) is 9.59 Å². The third-order valence-corrected chi connectivity index (χ3v) is 3.37. The molecule has 0 bridgehead atoms. The Kier molecular flexibility index (Phi) is 4.55. The Morgan fingerprint density at radius 3 is 2.65 bits per heavy atom. The van der Waals surface area contributed by atoms with E-state index in [0.717, 1.165) is 0 Å². The highest BCUT2D eigenvalue weighted by Crippen LogP contribution is 2.33. The highest BCUT2D eigenvalue weighted by Gasteiger charge is 2.39. The number of carboxylic acid groups (broad SMARTS) is 2. The number of nitrogens with one attached hydrogen (secondary N) is 1. The number of rotatable bonds is 4. The van der Waals surface area contributed by atoms with Crippen molar-refractivity contribution in [1.82, 2.24) is 5.32 Å². The van der Waals surface area contributed by atoms with Crippen LogP contribution in [0.4, 0.5) is 4.39 Å². The van der Waals surface area contributed by atoms with Crippen LogP contribution in [0.1, 0.15) is 27.9 Å². The maximum absolute atomic E-state index is 13.9. The summed E-state index contributed by atoms with van der Waals surface area (Å²) in [6.45, 7) is 1.38. The fourth-order valence-electron chi connectivity index (χ4n) is 2.38. The quantitative estimate of drug-likeness (QED) is 0.443. The first-order valence-electron chi connectivity index (χ1n) is 6.61. The van der Waals surface area contributed by atoms with Crippen molar-refractivity contribution in [2.24, 2.45) is 0 Å². The van der Waals surface area contributed by atoms with Gasteiger partial charge in [0.1, 0.15) is 23.6 Å². The smallest absolute Gasteiger partial charge is 0.534 e. The van der Waals surface area contributed by atoms with Gasteiger partial charge in [-0.1, -0.05) is 0 Å². The standard InChI is InChI=1S/C13H13BFNO7/c1-5-2-6-3-7(16-8(17)4-9(18)19)14(22)23-12(6)10(11(5)15)13(20)21/h2,7,22H,3-4H2,1H3,(H,16,17)(H,18,19)(H,20,21)/t7-/m0/s1. The molecular weight excluding hydrogens is 312 g/mol. The number of carbonyl (C=O) groups is 3. The molecule has 4 N–H and O–H groups in total. The van der Waals surface area contributed by atoms with Gasteiger partial charge in [0.2, 0.25) is 5.91 Å². The number of benzene rings is 1. The molecule has 0 fully saturated rings. The van der Waals surface area contributed by atoms with Crippen LogP contribution in [0.5, 0.6) is 5.75 Å². The molecule has 23 heavy (non-hydrogen) atoms. The molecule has 0 aromatic heterocycles. The zero-order valence-electron chi connectivity index (χ0n) is 12.0. The van der Waals surface area contributed by atoms with Gasteiger partial charge < -0.3 is 25.2 Å². The number of hydrogen-bond acceptors (Lipinski definition) is 5. The molecule has 1 aliphatic rings. The van der Waals surface area contributed by atoms with Crippen LogP contribution >= 0.6 is 0 Å². The van der Waals surface area contributed by atoms with Crippen LogP contribution in [0.25, 0.3) is 0 Å². The van der Waals surface area contributed by atoms with Crippen molar-refractivity contribution in [3.05, 3.63) is 28.6 Å². The molecule has 1 atom stereocenters. The van der Waals surface area contributed by atoms with Gasteiger partial charge in [0.15, 0.2) is 0 Å². The number of amides is 1. The molecular formula is C13H13BFNO7. The van der Waals surface area contributed by atoms with Crippen molar-refractivity contribution in [1.29, 1.82) is 0 Å². The number of aliphatic carboxylic acids is 1. The van der Waals surface area contributed by atoms with E-state index >= 15 is 0 Å². The molecule has 1 aromatic rings. The van der Waals surface area contributed by atoms with Crippen molar-refractivity contribution in [2.75, 3.05) is 0 Å². The van der Waals surface area contributed by atoms with Crippen LogP contribution in [-0.2, 0) is 16.0 Å². The van der Waals surface area contributed by atoms with E-state index in [1.165, 1.54) is 13.0 Å². The number of hydrogen-bond donors (Lipinski definition) is 4. The topological polar surface area (TPSA) is 133 Å². The van der Waals surface area contributed by atoms with Crippen molar-refractivity contribution < 1.29 is 38.7 Å². The summed E-state index contributed by atoms with van der Waals surface area (Å²) in [6.07, 6.45) is -0.803. The molecule has 0 saturated carbocycles. The molecule has 1 aromatic carbocycles. The van der Waals surface area contributed by atoms with Gasteiger partial charge in [-0.15, -0.1) is 0 Å². The average Bonchev–Trinajstić information content (AvgIpc) is 2.40. The van der Waals surface area contributed by atoms with Crippen molar-refractivity contribution >= 4 is 25.0 Å². The Balaban J connectivity index is 2.31. The highest BCUT2D eigenvalue weighted by molar-refractivity contribution is 6.47. The minimum Gasteiger partial charge on any atom is -0.534 e. The Morgan fingerprint density at radius 1 is 1.43 bits per heavy atom. The number of fused-ring (bicyclic) bond motifs is 1. The summed E-state index contributed by atoms with van der Waals surface area (Å²) in [7, 11) is -1.62. The summed E-state index contributed by atoms with van der Waals surface area (Å²) < 4.78 is 19.0. The van der Waals surface area contributed by atoms with E-state index in [1.54, 1.807) is 0 Å². The molecule has 1 heterocycles. The number of carboxylic acids is 2. The summed E-state index contributed by atoms with van der Waals surface area (Å²) in [5, 5.41) is 29.8. The largest absolute Gasteiger partial charge is 0.547 e. The highest BCUT2D eigenvalue weighted by atomic mass is 19.1. The van der Waals surface area contributed by atoms with E-state index in [-0.39, 0.29) is 17.7 Å². The second-order valence-electron chi connectivity index (χ2n) is 5.13. The monoisotopic (exact) mass is 325 g/mol. The maximum atomic E-state index is 13.9. The van der Waals surface area contributed by atoms with Gasteiger partial charge in [-0.05, 0) is 30.5 Å². The summed E-state index contributed by atoms with van der Waals surface area (Å²) in [5.74, 6) is -5.93. The molecule has 0 saturated heterocycles. The normalized spacial score (nSPS) is 16.3. The zero-order valence-corrected chi connectivity index (χ0v) is 12.0. The molecule has 8 nitrogen and oxygen atoms in total. The van der Waals surface area contributed by atoms with Crippen LogP contribution in [0.3, 0.4) is 0 Å². The van der Waals surface area contributed by atoms with Crippen molar-refractivity contribution in [3.8, 4) is 5.75 Å². The van der Waals surface area contributed by atoms with Crippen molar-refractivity contribution in [2.45, 2.75) is 25.7 Å². The second-order valence-corrected chi connectivity index (χ2v) is 5.13. The van der Waals surface area contributed by atoms with E-state index in [1.807, 2.05) is 0 Å². The Morgan fingerprint density at radius 2 is 2.09 bits per heavy atom. The van der Waals surface area contributed by atoms with E-state index < -0.39 is 48.7 Å². The van der Waals surface area contributed by atoms with Gasteiger partial charge >= 0.3 is 19.1 Å². The molecule has 0 spiro atoms. The zero-order chi connectivity index (χ0) is 17.3. The average molecular weight is 325 g/mol. The van der Waals surface area contributed by atoms with E-state index in [9.17, 15) is 23.8 Å². The lowest BCUT2D eigenvalue weighted by molar-refractivity contribution is -0.140. The maximum Gasteiger partial charge on any atom is 0.547 e. The van der Waals surface area contributed by atoms with Gasteiger partial charge in [0.05, 0.1) is 5.94 Å². The first-order valence-corrected chi connectivity index (χ1v) is 6.61. The predicted molar refractivity (Wildman–Crippen MR) is 74.6 cm³/mol. The fourth-order valence-corrected chi connectivity index (χ4v) is 2.38. The Hall–Kier alpha value is -2.62. The third-order valence-electron chi connectivity index (χ3n) is 3.37. The number of aryl methyl sites for hydroxylation is 1. The van der Waals surface area contributed by atoms with Crippen molar-refractivity contribution in [3.63, 3.8) is 0 Å². The molecule has 0 aliphatic carbocycles. The second kappa shape index (κ2) is 6.25. The summed E-state index contributed by atoms with van der Waals surface area (Å²) >= 11 is 0. The SMILES string of the molecule is Cc1cc2c(c(C(=O)O)c1F)OB(O)[C@@H](NC(=O)CC(=O)O)C2. The van der Waals surface area contributed by atoms with Crippen LogP contribution in [0, 0.1) is 12.7 Å². The molecule has 10 heteroatoms. The van der Waals surface area contributed by atoms with Crippen LogP contribution in [0.15, 0.2) is 6.07 Å². The molecule has 0 radical (unpaired) electrons. The van der Waals surface area contributed by atoms with E-state index in [0.29, 0.717) is 5.56 Å². The number of aromatic carboxylic acids is 1. The minimum absolute atomic E-state index is 0.0245. The number of halogens is 1. The van der Waals surface area contributed by atoms with E-state index in [2.05, 4.69) is 5.32 Å². The predicted octanol–water partition coefficient (Wildman–Crippen LogP) is -0.254. The molecule has 2 rings (SSSR count). The fraction of sp³-hybridized carbons (Fsp3) is 0.308. The van der Waals surface area contributed by atoms with Gasteiger partial charge in [0, 0.05) is 0 Å². The van der Waals surface area contributed by atoms with Gasteiger partial charge in [0.25, 0.3) is 0 Å². The minimum atomic E-state index is -1.62. The lowest BCUT2D eigenvalue weighted by atomic mass is 9.72. The van der Waals surface area contributed by atoms with Crippen LogP contribution < -0.4 is 9.97 Å². The summed E-state index contributed by atoms with van der Waals surface area (Å²) in [6, 6.07) is 1.36. The van der Waals surface area contributed by atoms with E-state index in [4.69, 9.17) is 14.9 Å². The molecule has 1 amide bonds. The van der Waals surface area contributed by atoms with Crippen LogP contribution in [-0.4, -0.2) is 46.1 Å². The van der Waals surface area contributed by atoms with Gasteiger partial charge in [-0.25, -0.2) is 9.18 Å². The Labute approximate surface area is 130 Å². The summed E-state index contributed by atoms with van der Waals surface area (Å²) in [4.78, 5) is 33.1. The lowest BCUT2D eigenvalue weighted by Gasteiger charge is -2.29. The lowest BCUT2D eigenvalue weighted by Crippen LogP contribution is -2.53. The first-order chi connectivity index (χ1) is 10.7. The first kappa shape index (κ1) is 16.8. The number of carbonyl (C=O) groups excluding carboxylic acids is 1. The summed E-state index contributed by atoms with van der Waals surface area (Å²) in [5.41, 5.74) is -0.307. The molecule has 0 unspecified atom stereocenters. The van der Waals surface area contributed by atoms with Crippen LogP contribution in [0.2, 0.25) is 0 Å². The Bertz CT molecular complexity index is 693. The van der Waals surface area contributed by atoms with Gasteiger partial charge in [-0.2, -0.15) is 0 Å². The third kappa shape index (κ3) is 3.42. The molecule has 122 valence electrons. The molecule has 1 aliphatic heterocycles.